The molecule has 10 heteroatoms. The molecule has 1 heterocycles. The second kappa shape index (κ2) is 9.68. The third-order valence-corrected chi connectivity index (χ3v) is 7.26. The minimum atomic E-state index is -1.33. The predicted octanol–water partition coefficient (Wildman–Crippen LogP) is 3.75. The van der Waals surface area contributed by atoms with E-state index >= 15 is 0 Å². The van der Waals surface area contributed by atoms with Crippen molar-refractivity contribution in [1.82, 2.24) is 10.2 Å². The smallest absolute Gasteiger partial charge is 0.327 e. The number of urea groups is 1. The van der Waals surface area contributed by atoms with Crippen molar-refractivity contribution in [1.29, 1.82) is 0 Å². The lowest BCUT2D eigenvalue weighted by atomic mass is 9.65. The summed E-state index contributed by atoms with van der Waals surface area (Å²) in [6, 6.07) is 1.96. The van der Waals surface area contributed by atoms with Gasteiger partial charge in [0.25, 0.3) is 11.8 Å². The lowest BCUT2D eigenvalue weighted by molar-refractivity contribution is -0.155. The van der Waals surface area contributed by atoms with Crippen LogP contribution in [0.25, 0.3) is 0 Å². The highest BCUT2D eigenvalue weighted by Crippen LogP contribution is 2.45. The van der Waals surface area contributed by atoms with Gasteiger partial charge in [-0.25, -0.2) is 13.6 Å². The summed E-state index contributed by atoms with van der Waals surface area (Å²) in [5, 5.41) is 4.97. The van der Waals surface area contributed by atoms with Gasteiger partial charge < -0.3 is 15.4 Å². The van der Waals surface area contributed by atoms with Gasteiger partial charge in [-0.2, -0.15) is 0 Å². The second-order valence-corrected chi connectivity index (χ2v) is 9.77. The van der Waals surface area contributed by atoms with E-state index < -0.39 is 53.6 Å². The molecule has 1 spiro atoms. The normalized spacial score (nSPS) is 23.6. The van der Waals surface area contributed by atoms with E-state index in [-0.39, 0.29) is 11.1 Å². The van der Waals surface area contributed by atoms with Gasteiger partial charge >= 0.3 is 12.0 Å². The number of nitrogens with one attached hydrogen (secondary N) is 2. The molecule has 0 aromatic heterocycles. The molecule has 0 bridgehead atoms. The van der Waals surface area contributed by atoms with Crippen molar-refractivity contribution in [2.24, 2.45) is 11.3 Å². The average Bonchev–Trinajstić information content (AvgIpc) is 2.99. The fourth-order valence-corrected chi connectivity index (χ4v) is 4.58. The highest BCUT2D eigenvalue weighted by Gasteiger charge is 2.54. The van der Waals surface area contributed by atoms with Gasteiger partial charge in [0.1, 0.15) is 23.7 Å². The number of esters is 1. The molecule has 3 rings (SSSR count). The van der Waals surface area contributed by atoms with Crippen molar-refractivity contribution in [3.63, 3.8) is 0 Å². The highest BCUT2D eigenvalue weighted by molar-refractivity contribution is 6.08. The van der Waals surface area contributed by atoms with Crippen LogP contribution in [0.3, 0.4) is 0 Å². The van der Waals surface area contributed by atoms with Gasteiger partial charge in [0.15, 0.2) is 6.10 Å². The molecule has 186 valence electrons. The third kappa shape index (κ3) is 5.20. The summed E-state index contributed by atoms with van der Waals surface area (Å²) in [5.74, 6) is -3.60. The summed E-state index contributed by atoms with van der Waals surface area (Å²) in [6.45, 7) is 7.17. The zero-order valence-electron chi connectivity index (χ0n) is 19.9. The van der Waals surface area contributed by atoms with Crippen molar-refractivity contribution in [2.75, 3.05) is 11.9 Å². The fourth-order valence-electron chi connectivity index (χ4n) is 4.58. The first-order valence-corrected chi connectivity index (χ1v) is 11.5. The van der Waals surface area contributed by atoms with E-state index in [4.69, 9.17) is 4.74 Å². The van der Waals surface area contributed by atoms with Gasteiger partial charge in [-0.15, -0.1) is 0 Å². The molecule has 34 heavy (non-hydrogen) atoms. The molecule has 1 aromatic rings. The number of carbonyl (C=O) groups excluding carboxylic acids is 4. The molecule has 1 atom stereocenters. The van der Waals surface area contributed by atoms with Gasteiger partial charge in [-0.05, 0) is 56.1 Å². The van der Waals surface area contributed by atoms with Crippen LogP contribution in [0.15, 0.2) is 18.2 Å². The van der Waals surface area contributed by atoms with E-state index in [1.54, 1.807) is 0 Å². The van der Waals surface area contributed by atoms with E-state index in [0.717, 1.165) is 36.3 Å². The maximum atomic E-state index is 13.7. The van der Waals surface area contributed by atoms with Crippen LogP contribution in [0.4, 0.5) is 19.3 Å². The summed E-state index contributed by atoms with van der Waals surface area (Å²) >= 11 is 0. The molecular formula is C24H31F2N3O5. The molecule has 2 fully saturated rings. The van der Waals surface area contributed by atoms with E-state index in [2.05, 4.69) is 31.4 Å². The topological polar surface area (TPSA) is 105 Å². The Hall–Kier alpha value is -3.04. The van der Waals surface area contributed by atoms with Gasteiger partial charge in [0.2, 0.25) is 0 Å². The Balaban J connectivity index is 1.56. The number of ether oxygens (including phenoxy) is 1. The first-order chi connectivity index (χ1) is 15.9. The average molecular weight is 480 g/mol. The summed E-state index contributed by atoms with van der Waals surface area (Å²) in [4.78, 5) is 51.0. The molecule has 8 nitrogen and oxygen atoms in total. The molecule has 2 aliphatic rings. The van der Waals surface area contributed by atoms with Crippen LogP contribution in [0.5, 0.6) is 0 Å². The molecule has 1 saturated heterocycles. The van der Waals surface area contributed by atoms with Crippen LogP contribution in [0.1, 0.15) is 59.8 Å². The number of carbonyl (C=O) groups is 4. The maximum Gasteiger partial charge on any atom is 0.327 e. The summed E-state index contributed by atoms with van der Waals surface area (Å²) in [7, 11) is 0. The van der Waals surface area contributed by atoms with Crippen LogP contribution < -0.4 is 10.6 Å². The number of anilines is 1. The SMILES string of the molecule is CCC(C)(C)C1CCC2(CC1)NC(=O)N(CC(=O)OC(C)C(=O)Nc1ccc(F)cc1F)C2=O. The standard InChI is InChI=1S/C24H31F2N3O5/c1-5-23(3,4)15-8-10-24(11-9-15)21(32)29(22(33)28-24)13-19(30)34-14(2)20(31)27-18-7-6-16(25)12-17(18)26/h6-7,12,14-15H,5,8-11,13H2,1-4H3,(H,27,31)(H,28,33). The Morgan fingerprint density at radius 3 is 2.50 bits per heavy atom. The van der Waals surface area contributed by atoms with Gasteiger partial charge in [-0.1, -0.05) is 27.2 Å². The lowest BCUT2D eigenvalue weighted by Crippen LogP contribution is -2.51. The molecule has 2 N–H and O–H groups in total. The quantitative estimate of drug-likeness (QED) is 0.458. The van der Waals surface area contributed by atoms with Crippen molar-refractivity contribution in [2.45, 2.75) is 71.4 Å². The molecule has 4 amide bonds. The van der Waals surface area contributed by atoms with Crippen LogP contribution in [0.2, 0.25) is 0 Å². The minimum absolute atomic E-state index is 0.143. The Bertz CT molecular complexity index is 989. The molecule has 0 radical (unpaired) electrons. The van der Waals surface area contributed by atoms with Crippen LogP contribution in [-0.2, 0) is 19.1 Å². The van der Waals surface area contributed by atoms with Gasteiger partial charge in [0, 0.05) is 6.07 Å². The van der Waals surface area contributed by atoms with Crippen molar-refractivity contribution in [3.05, 3.63) is 29.8 Å². The minimum Gasteiger partial charge on any atom is -0.451 e. The maximum absolute atomic E-state index is 13.7. The first-order valence-electron chi connectivity index (χ1n) is 11.5. The number of hydrogen-bond acceptors (Lipinski definition) is 5. The number of imide groups is 1. The van der Waals surface area contributed by atoms with Gasteiger partial charge in [0.05, 0.1) is 5.69 Å². The first kappa shape index (κ1) is 25.6. The lowest BCUT2D eigenvalue weighted by Gasteiger charge is -2.42. The van der Waals surface area contributed by atoms with Crippen LogP contribution in [0, 0.1) is 23.0 Å². The Morgan fingerprint density at radius 1 is 1.26 bits per heavy atom. The van der Waals surface area contributed by atoms with Gasteiger partial charge in [-0.3, -0.25) is 19.3 Å². The molecule has 1 saturated carbocycles. The van der Waals surface area contributed by atoms with Crippen molar-refractivity contribution in [3.8, 4) is 0 Å². The van der Waals surface area contributed by atoms with Crippen molar-refractivity contribution >= 4 is 29.5 Å². The number of nitrogens with zero attached hydrogens (tertiary/aromatic N) is 1. The number of amides is 4. The number of hydrogen-bond donors (Lipinski definition) is 2. The zero-order chi connectivity index (χ0) is 25.3. The summed E-state index contributed by atoms with van der Waals surface area (Å²) in [5.41, 5.74) is -1.14. The van der Waals surface area contributed by atoms with E-state index in [1.807, 2.05) is 0 Å². The largest absolute Gasteiger partial charge is 0.451 e. The van der Waals surface area contributed by atoms with E-state index in [9.17, 15) is 28.0 Å². The number of benzene rings is 1. The molecule has 1 aliphatic heterocycles. The molecule has 1 aliphatic carbocycles. The Kier molecular flexibility index (Phi) is 7.28. The third-order valence-electron chi connectivity index (χ3n) is 7.26. The predicted molar refractivity (Wildman–Crippen MR) is 120 cm³/mol. The fraction of sp³-hybridized carbons (Fsp3) is 0.583. The Labute approximate surface area is 197 Å². The monoisotopic (exact) mass is 479 g/mol. The summed E-state index contributed by atoms with van der Waals surface area (Å²) < 4.78 is 31.8. The zero-order valence-corrected chi connectivity index (χ0v) is 19.9. The van der Waals surface area contributed by atoms with Crippen LogP contribution >= 0.6 is 0 Å². The highest BCUT2D eigenvalue weighted by atomic mass is 19.1. The van der Waals surface area contributed by atoms with E-state index in [1.165, 1.54) is 6.92 Å². The Morgan fingerprint density at radius 2 is 1.91 bits per heavy atom. The second-order valence-electron chi connectivity index (χ2n) is 9.77. The number of halogens is 2. The number of rotatable bonds is 7. The van der Waals surface area contributed by atoms with Crippen LogP contribution in [-0.4, -0.2) is 46.9 Å². The summed E-state index contributed by atoms with van der Waals surface area (Å²) in [6.07, 6.45) is 2.27. The molecule has 1 unspecified atom stereocenters. The van der Waals surface area contributed by atoms with E-state index in [0.29, 0.717) is 24.8 Å². The molecular weight excluding hydrogens is 448 g/mol. The van der Waals surface area contributed by atoms with Crippen molar-refractivity contribution < 1.29 is 32.7 Å². The molecule has 1 aromatic carbocycles.